The Kier molecular flexibility index (Phi) is 5.58. The van der Waals surface area contributed by atoms with Gasteiger partial charge in [-0.3, -0.25) is 4.79 Å². The van der Waals surface area contributed by atoms with E-state index in [9.17, 15) is 13.2 Å². The summed E-state index contributed by atoms with van der Waals surface area (Å²) in [7, 11) is -1.73. The van der Waals surface area contributed by atoms with Gasteiger partial charge in [-0.15, -0.1) is 0 Å². The Morgan fingerprint density at radius 3 is 2.68 bits per heavy atom. The van der Waals surface area contributed by atoms with Crippen molar-refractivity contribution in [2.24, 2.45) is 0 Å². The van der Waals surface area contributed by atoms with Crippen molar-refractivity contribution in [2.45, 2.75) is 44.0 Å². The van der Waals surface area contributed by atoms with E-state index in [0.717, 1.165) is 18.4 Å². The van der Waals surface area contributed by atoms with Crippen LogP contribution in [0.15, 0.2) is 24.3 Å². The molecule has 6 heteroatoms. The van der Waals surface area contributed by atoms with Gasteiger partial charge in [-0.05, 0) is 37.5 Å². The highest BCUT2D eigenvalue weighted by Crippen LogP contribution is 2.25. The SMILES string of the molecule is CO[C@H](C)c1cccc(NC(=O)CS(=O)(=O)C2CCCC2)c1. The van der Waals surface area contributed by atoms with Crippen LogP contribution in [0.3, 0.4) is 0 Å². The summed E-state index contributed by atoms with van der Waals surface area (Å²) in [5.74, 6) is -0.920. The van der Waals surface area contributed by atoms with Gasteiger partial charge in [-0.25, -0.2) is 8.42 Å². The zero-order valence-corrected chi connectivity index (χ0v) is 13.9. The van der Waals surface area contributed by atoms with E-state index in [4.69, 9.17) is 4.74 Å². The van der Waals surface area contributed by atoms with Gasteiger partial charge in [0.25, 0.3) is 0 Å². The molecule has 0 aromatic heterocycles. The fourth-order valence-corrected chi connectivity index (χ4v) is 4.48. The molecule has 0 aliphatic heterocycles. The molecule has 0 unspecified atom stereocenters. The Hall–Kier alpha value is -1.40. The van der Waals surface area contributed by atoms with Crippen molar-refractivity contribution in [1.82, 2.24) is 0 Å². The summed E-state index contributed by atoms with van der Waals surface area (Å²) in [6.07, 6.45) is 3.14. The van der Waals surface area contributed by atoms with Gasteiger partial charge in [0.1, 0.15) is 5.75 Å². The van der Waals surface area contributed by atoms with Crippen LogP contribution >= 0.6 is 0 Å². The van der Waals surface area contributed by atoms with Crippen molar-refractivity contribution in [2.75, 3.05) is 18.2 Å². The number of rotatable bonds is 6. The average molecular weight is 325 g/mol. The predicted octanol–water partition coefficient (Wildman–Crippen LogP) is 2.69. The Morgan fingerprint density at radius 1 is 1.36 bits per heavy atom. The van der Waals surface area contributed by atoms with Gasteiger partial charge < -0.3 is 10.1 Å². The van der Waals surface area contributed by atoms with E-state index in [1.165, 1.54) is 0 Å². The third kappa shape index (κ3) is 4.30. The minimum Gasteiger partial charge on any atom is -0.377 e. The molecule has 0 heterocycles. The van der Waals surface area contributed by atoms with E-state index < -0.39 is 21.5 Å². The minimum absolute atomic E-state index is 0.0842. The number of carbonyl (C=O) groups excluding carboxylic acids is 1. The number of ether oxygens (including phenoxy) is 1. The number of methoxy groups -OCH3 is 1. The average Bonchev–Trinajstić information content (AvgIpc) is 3.01. The molecule has 1 aliphatic carbocycles. The van der Waals surface area contributed by atoms with E-state index in [1.54, 1.807) is 19.2 Å². The van der Waals surface area contributed by atoms with E-state index >= 15 is 0 Å². The second kappa shape index (κ2) is 7.24. The molecule has 1 aliphatic rings. The molecule has 1 N–H and O–H groups in total. The first-order valence-electron chi connectivity index (χ1n) is 7.56. The van der Waals surface area contributed by atoms with Crippen LogP contribution in [0, 0.1) is 0 Å². The van der Waals surface area contributed by atoms with E-state index in [-0.39, 0.29) is 11.4 Å². The first-order chi connectivity index (χ1) is 10.4. The zero-order valence-electron chi connectivity index (χ0n) is 13.0. The number of benzene rings is 1. The van der Waals surface area contributed by atoms with Crippen LogP contribution in [0.1, 0.15) is 44.3 Å². The summed E-state index contributed by atoms with van der Waals surface area (Å²) in [5.41, 5.74) is 1.52. The summed E-state index contributed by atoms with van der Waals surface area (Å²) < 4.78 is 29.6. The van der Waals surface area contributed by atoms with Crippen LogP contribution in [0.5, 0.6) is 0 Å². The monoisotopic (exact) mass is 325 g/mol. The highest BCUT2D eigenvalue weighted by atomic mass is 32.2. The Labute approximate surface area is 132 Å². The molecule has 0 spiro atoms. The van der Waals surface area contributed by atoms with Crippen LogP contribution in [0.4, 0.5) is 5.69 Å². The molecule has 22 heavy (non-hydrogen) atoms. The number of amides is 1. The summed E-state index contributed by atoms with van der Waals surface area (Å²) in [6.45, 7) is 1.91. The molecule has 2 rings (SSSR count). The first kappa shape index (κ1) is 17.0. The van der Waals surface area contributed by atoms with Crippen molar-refractivity contribution in [1.29, 1.82) is 0 Å². The zero-order chi connectivity index (χ0) is 16.2. The second-order valence-electron chi connectivity index (χ2n) is 5.77. The first-order valence-corrected chi connectivity index (χ1v) is 9.28. The van der Waals surface area contributed by atoms with Gasteiger partial charge in [0.2, 0.25) is 5.91 Å². The lowest BCUT2D eigenvalue weighted by Crippen LogP contribution is -2.29. The third-order valence-corrected chi connectivity index (χ3v) is 6.29. The van der Waals surface area contributed by atoms with E-state index in [1.807, 2.05) is 19.1 Å². The number of hydrogen-bond donors (Lipinski definition) is 1. The molecule has 1 fully saturated rings. The number of hydrogen-bond acceptors (Lipinski definition) is 4. The molecule has 122 valence electrons. The summed E-state index contributed by atoms with van der Waals surface area (Å²) in [4.78, 5) is 12.0. The minimum atomic E-state index is -3.35. The molecule has 1 aromatic carbocycles. The number of nitrogens with one attached hydrogen (secondary N) is 1. The summed E-state index contributed by atoms with van der Waals surface area (Å²) in [6, 6.07) is 7.26. The lowest BCUT2D eigenvalue weighted by Gasteiger charge is -2.13. The van der Waals surface area contributed by atoms with Gasteiger partial charge in [0.05, 0.1) is 11.4 Å². The van der Waals surface area contributed by atoms with Crippen molar-refractivity contribution >= 4 is 21.4 Å². The van der Waals surface area contributed by atoms with E-state index in [0.29, 0.717) is 18.5 Å². The molecule has 0 radical (unpaired) electrons. The van der Waals surface area contributed by atoms with Gasteiger partial charge in [-0.1, -0.05) is 25.0 Å². The fourth-order valence-electron chi connectivity index (χ4n) is 2.75. The molecular weight excluding hydrogens is 302 g/mol. The predicted molar refractivity (Wildman–Crippen MR) is 86.5 cm³/mol. The molecular formula is C16H23NO4S. The largest absolute Gasteiger partial charge is 0.377 e. The van der Waals surface area contributed by atoms with Gasteiger partial charge in [-0.2, -0.15) is 0 Å². The van der Waals surface area contributed by atoms with Gasteiger partial charge in [0, 0.05) is 12.8 Å². The molecule has 1 amide bonds. The number of carbonyl (C=O) groups is 1. The normalized spacial score (nSPS) is 17.4. The van der Waals surface area contributed by atoms with Crippen LogP contribution in [-0.2, 0) is 19.4 Å². The maximum Gasteiger partial charge on any atom is 0.239 e. The molecule has 1 aromatic rings. The summed E-state index contributed by atoms with van der Waals surface area (Å²) in [5, 5.41) is 2.32. The van der Waals surface area contributed by atoms with Crippen LogP contribution in [0.25, 0.3) is 0 Å². The van der Waals surface area contributed by atoms with Crippen molar-refractivity contribution in [3.63, 3.8) is 0 Å². The summed E-state index contributed by atoms with van der Waals surface area (Å²) >= 11 is 0. The quantitative estimate of drug-likeness (QED) is 0.873. The van der Waals surface area contributed by atoms with Crippen molar-refractivity contribution < 1.29 is 17.9 Å². The fraction of sp³-hybridized carbons (Fsp3) is 0.562. The van der Waals surface area contributed by atoms with Crippen LogP contribution in [0.2, 0.25) is 0 Å². The highest BCUT2D eigenvalue weighted by molar-refractivity contribution is 7.92. The molecule has 5 nitrogen and oxygen atoms in total. The van der Waals surface area contributed by atoms with Crippen molar-refractivity contribution in [3.05, 3.63) is 29.8 Å². The standard InChI is InChI=1S/C16H23NO4S/c1-12(21-2)13-6-5-7-14(10-13)17-16(18)11-22(19,20)15-8-3-4-9-15/h5-7,10,12,15H,3-4,8-9,11H2,1-2H3,(H,17,18)/t12-/m1/s1. The Bertz CT molecular complexity index is 621. The molecule has 0 saturated heterocycles. The molecule has 1 saturated carbocycles. The van der Waals surface area contributed by atoms with Gasteiger partial charge in [0.15, 0.2) is 9.84 Å². The van der Waals surface area contributed by atoms with Crippen molar-refractivity contribution in [3.8, 4) is 0 Å². The lowest BCUT2D eigenvalue weighted by atomic mass is 10.1. The topological polar surface area (TPSA) is 72.5 Å². The van der Waals surface area contributed by atoms with Gasteiger partial charge >= 0.3 is 0 Å². The molecule has 1 atom stereocenters. The third-order valence-electron chi connectivity index (χ3n) is 4.14. The Balaban J connectivity index is 2.00. The maximum atomic E-state index is 12.2. The van der Waals surface area contributed by atoms with E-state index in [2.05, 4.69) is 5.32 Å². The molecule has 0 bridgehead atoms. The van der Waals surface area contributed by atoms with Crippen LogP contribution < -0.4 is 5.32 Å². The lowest BCUT2D eigenvalue weighted by molar-refractivity contribution is -0.113. The smallest absolute Gasteiger partial charge is 0.239 e. The number of anilines is 1. The number of sulfone groups is 1. The maximum absolute atomic E-state index is 12.2. The Morgan fingerprint density at radius 2 is 2.05 bits per heavy atom. The second-order valence-corrected chi connectivity index (χ2v) is 8.05. The van der Waals surface area contributed by atoms with Crippen LogP contribution in [-0.4, -0.2) is 32.4 Å². The highest BCUT2D eigenvalue weighted by Gasteiger charge is 2.30.